The number of benzene rings is 6. The Morgan fingerprint density at radius 2 is 0.736 bits per heavy atom. The molecule has 11 nitrogen and oxygen atoms in total. The number of aromatic nitrogens is 3. The van der Waals surface area contributed by atoms with Gasteiger partial charge in [0, 0.05) is 5.56 Å². The molecule has 7 aromatic rings. The topological polar surface area (TPSA) is 107 Å². The molecule has 0 amide bonds. The van der Waals surface area contributed by atoms with E-state index in [4.69, 9.17) is 43.5 Å². The fourth-order valence-corrected chi connectivity index (χ4v) is 15.0. The van der Waals surface area contributed by atoms with Gasteiger partial charge in [-0.15, -0.1) is 5.10 Å². The van der Waals surface area contributed by atoms with E-state index in [1.165, 1.54) is 211 Å². The molecule has 0 radical (unpaired) electrons. The zero-order chi connectivity index (χ0) is 73.6. The molecule has 0 saturated carbocycles. The van der Waals surface area contributed by atoms with E-state index in [1.807, 2.05) is 29.1 Å². The number of aryl methyl sites for hydroxylation is 1. The standard InChI is InChI=1S/C95H140N4O7/c1-4-7-9-11-13-15-17-19-20-21-22-23-24-25-26-27-28-29-30-32-34-36-38-55-71-96-88(91(101-75-82-58-46-40-47-59-82)89(100-74-81-56-44-39-45-57-81)66-54-37-35-33-31-18-16-14-12-10-8-5-2)79-105-95-94(104-78-85-64-52-43-53-65-85)93(103-77-84-62-50-42-51-63-84)92(102-76-83-60-48-41-49-61-83)90(106-95)73-99-72-87(97-98-99)86-69-67-80(6-3)68-70-86/h39-53,56-65,67-70,72,88-96H,4-38,54-55,66,71,73-79H2,1-3H3/t88-,89+,90+,91-,92-,93-,94+,95-/m0/s1. The second-order valence-corrected chi connectivity index (χ2v) is 30.5. The maximum Gasteiger partial charge on any atom is 0.186 e. The highest BCUT2D eigenvalue weighted by Crippen LogP contribution is 2.34. The van der Waals surface area contributed by atoms with Crippen LogP contribution in [0, 0.1) is 0 Å². The predicted molar refractivity (Wildman–Crippen MR) is 439 cm³/mol. The number of ether oxygens (including phenoxy) is 7. The SMILES string of the molecule is CCCCCCCCCCCCCCCCCCCCCCCCCCN[C@@H](CO[C@H]1O[C@H](Cn2cc(-c3ccc(CC)cc3)nn2)[C@H](OCc2ccccc2)[C@H](OCc2ccccc2)[C@H]1OCc1ccccc1)[C@H](OCc1ccccc1)[C@@H](CCCCCCCCCCCCCC)OCc1ccccc1. The Kier molecular flexibility index (Phi) is 44.9. The lowest BCUT2D eigenvalue weighted by Crippen LogP contribution is -2.62. The first-order valence-corrected chi connectivity index (χ1v) is 42.8. The largest absolute Gasteiger partial charge is 0.371 e. The van der Waals surface area contributed by atoms with Crippen LogP contribution in [-0.4, -0.2) is 77.1 Å². The first-order valence-electron chi connectivity index (χ1n) is 42.8. The predicted octanol–water partition coefficient (Wildman–Crippen LogP) is 24.6. The fraction of sp³-hybridized carbons (Fsp3) is 0.600. The maximum absolute atomic E-state index is 7.55. The number of nitrogens with zero attached hydrogens (tertiary/aromatic N) is 3. The van der Waals surface area contributed by atoms with E-state index < -0.39 is 36.8 Å². The van der Waals surface area contributed by atoms with Crippen LogP contribution >= 0.6 is 0 Å². The van der Waals surface area contributed by atoms with Crippen molar-refractivity contribution in [2.75, 3.05) is 13.2 Å². The molecule has 0 bridgehead atoms. The van der Waals surface area contributed by atoms with Crippen molar-refractivity contribution in [1.82, 2.24) is 20.3 Å². The van der Waals surface area contributed by atoms with Crippen LogP contribution in [-0.2, 0) is 79.2 Å². The molecule has 1 N–H and O–H groups in total. The summed E-state index contributed by atoms with van der Waals surface area (Å²) in [6, 6.07) is 60.6. The highest BCUT2D eigenvalue weighted by molar-refractivity contribution is 5.58. The van der Waals surface area contributed by atoms with Crippen LogP contribution in [0.4, 0.5) is 0 Å². The van der Waals surface area contributed by atoms with Crippen LogP contribution in [0.3, 0.4) is 0 Å². The molecule has 8 atom stereocenters. The van der Waals surface area contributed by atoms with Gasteiger partial charge in [-0.3, -0.25) is 0 Å². The van der Waals surface area contributed by atoms with Crippen LogP contribution in [0.25, 0.3) is 11.3 Å². The minimum atomic E-state index is -0.918. The van der Waals surface area contributed by atoms with E-state index in [1.54, 1.807) is 0 Å². The average molecular weight is 1450 g/mol. The lowest BCUT2D eigenvalue weighted by Gasteiger charge is -2.46. The van der Waals surface area contributed by atoms with Crippen molar-refractivity contribution in [3.63, 3.8) is 0 Å². The molecule has 0 spiro atoms. The van der Waals surface area contributed by atoms with Crippen LogP contribution in [0.2, 0.25) is 0 Å². The lowest BCUT2D eigenvalue weighted by molar-refractivity contribution is -0.327. The molecule has 1 saturated heterocycles. The summed E-state index contributed by atoms with van der Waals surface area (Å²) in [6.07, 6.45) is 47.9. The summed E-state index contributed by atoms with van der Waals surface area (Å²) in [6.45, 7) is 10.0. The smallest absolute Gasteiger partial charge is 0.186 e. The summed E-state index contributed by atoms with van der Waals surface area (Å²) in [7, 11) is 0. The van der Waals surface area contributed by atoms with E-state index in [0.717, 1.165) is 84.1 Å². The van der Waals surface area contributed by atoms with Crippen LogP contribution < -0.4 is 5.32 Å². The van der Waals surface area contributed by atoms with Crippen LogP contribution in [0.15, 0.2) is 182 Å². The van der Waals surface area contributed by atoms with Crippen molar-refractivity contribution >= 4 is 0 Å². The molecule has 6 aromatic carbocycles. The van der Waals surface area contributed by atoms with Crippen molar-refractivity contribution in [2.45, 2.75) is 353 Å². The zero-order valence-corrected chi connectivity index (χ0v) is 66.2. The molecule has 1 aliphatic heterocycles. The van der Waals surface area contributed by atoms with Gasteiger partial charge in [-0.1, -0.05) is 427 Å². The third-order valence-corrected chi connectivity index (χ3v) is 21.6. The lowest BCUT2D eigenvalue weighted by atomic mass is 9.96. The molecule has 1 aromatic heterocycles. The van der Waals surface area contributed by atoms with Gasteiger partial charge in [0.2, 0.25) is 0 Å². The van der Waals surface area contributed by atoms with Gasteiger partial charge in [0.05, 0.1) is 64.5 Å². The Hall–Kier alpha value is -5.86. The van der Waals surface area contributed by atoms with E-state index in [0.29, 0.717) is 39.6 Å². The molecule has 0 aliphatic carbocycles. The quantitative estimate of drug-likeness (QED) is 0.0370. The van der Waals surface area contributed by atoms with E-state index >= 15 is 0 Å². The van der Waals surface area contributed by atoms with Gasteiger partial charge in [0.25, 0.3) is 0 Å². The molecule has 11 heteroatoms. The molecule has 582 valence electrons. The molecule has 106 heavy (non-hydrogen) atoms. The highest BCUT2D eigenvalue weighted by Gasteiger charge is 2.50. The van der Waals surface area contributed by atoms with E-state index in [2.05, 4.69) is 184 Å². The number of nitrogens with one attached hydrogen (secondary N) is 1. The van der Waals surface area contributed by atoms with Gasteiger partial charge >= 0.3 is 0 Å². The summed E-state index contributed by atoms with van der Waals surface area (Å²) in [4.78, 5) is 0. The van der Waals surface area contributed by atoms with Gasteiger partial charge < -0.3 is 38.5 Å². The second-order valence-electron chi connectivity index (χ2n) is 30.5. The van der Waals surface area contributed by atoms with Crippen molar-refractivity contribution in [3.05, 3.63) is 216 Å². The number of hydrogen-bond acceptors (Lipinski definition) is 10. The Morgan fingerprint density at radius 1 is 0.368 bits per heavy atom. The molecule has 0 unspecified atom stereocenters. The molecular weight excluding hydrogens is 1310 g/mol. The second kappa shape index (κ2) is 55.5. The normalized spacial score (nSPS) is 16.9. The van der Waals surface area contributed by atoms with Gasteiger partial charge in [-0.25, -0.2) is 4.68 Å². The third-order valence-electron chi connectivity index (χ3n) is 21.6. The van der Waals surface area contributed by atoms with E-state index in [9.17, 15) is 0 Å². The monoisotopic (exact) mass is 1450 g/mol. The van der Waals surface area contributed by atoms with E-state index in [-0.39, 0.29) is 18.8 Å². The minimum Gasteiger partial charge on any atom is -0.371 e. The summed E-state index contributed by atoms with van der Waals surface area (Å²) < 4.78 is 53.4. The van der Waals surface area contributed by atoms with Crippen molar-refractivity contribution in [1.29, 1.82) is 0 Å². The van der Waals surface area contributed by atoms with Crippen LogP contribution in [0.5, 0.6) is 0 Å². The maximum atomic E-state index is 7.55. The fourth-order valence-electron chi connectivity index (χ4n) is 15.0. The molecule has 8 rings (SSSR count). The first kappa shape index (κ1) is 85.7. The Morgan fingerprint density at radius 3 is 1.15 bits per heavy atom. The molecule has 1 aliphatic rings. The zero-order valence-electron chi connectivity index (χ0n) is 66.2. The van der Waals surface area contributed by atoms with Crippen LogP contribution in [0.1, 0.15) is 292 Å². The summed E-state index contributed by atoms with van der Waals surface area (Å²) in [5.74, 6) is 0. The Labute approximate surface area is 643 Å². The highest BCUT2D eigenvalue weighted by atomic mass is 16.7. The minimum absolute atomic E-state index is 0.243. The summed E-state index contributed by atoms with van der Waals surface area (Å²) >= 11 is 0. The molecular formula is C95H140N4O7. The van der Waals surface area contributed by atoms with Gasteiger partial charge in [-0.2, -0.15) is 0 Å². The Bertz CT molecular complexity index is 3160. The van der Waals surface area contributed by atoms with Crippen molar-refractivity contribution < 1.29 is 33.2 Å². The molecule has 1 fully saturated rings. The number of unbranched alkanes of at least 4 members (excludes halogenated alkanes) is 34. The van der Waals surface area contributed by atoms with Gasteiger partial charge in [0.1, 0.15) is 36.2 Å². The number of rotatable bonds is 63. The third kappa shape index (κ3) is 35.2. The van der Waals surface area contributed by atoms with Gasteiger partial charge in [-0.05, 0) is 59.2 Å². The molecule has 2 heterocycles. The number of hydrogen-bond donors (Lipinski definition) is 1. The summed E-state index contributed by atoms with van der Waals surface area (Å²) in [5, 5.41) is 13.6. The van der Waals surface area contributed by atoms with Crippen molar-refractivity contribution in [2.24, 2.45) is 0 Å². The first-order chi connectivity index (χ1) is 52.6. The van der Waals surface area contributed by atoms with Crippen molar-refractivity contribution in [3.8, 4) is 11.3 Å². The Balaban J connectivity index is 1.00. The average Bonchev–Trinajstić information content (AvgIpc) is 1.00. The summed E-state index contributed by atoms with van der Waals surface area (Å²) in [5.41, 5.74) is 8.44. The van der Waals surface area contributed by atoms with Gasteiger partial charge in [0.15, 0.2) is 6.29 Å².